The van der Waals surface area contributed by atoms with Crippen LogP contribution < -0.4 is 10.1 Å². The van der Waals surface area contributed by atoms with Crippen LogP contribution in [-0.4, -0.2) is 22.8 Å². The zero-order chi connectivity index (χ0) is 17.8. The number of nitrogens with zero attached hydrogens (tertiary/aromatic N) is 1. The number of rotatable bonds is 4. The lowest BCUT2D eigenvalue weighted by Gasteiger charge is -2.07. The summed E-state index contributed by atoms with van der Waals surface area (Å²) < 4.78 is 5.37. The van der Waals surface area contributed by atoms with E-state index in [-0.39, 0.29) is 11.7 Å². The first-order valence-electron chi connectivity index (χ1n) is 7.88. The van der Waals surface area contributed by atoms with E-state index in [0.29, 0.717) is 28.0 Å². The Balaban J connectivity index is 1.87. The third-order valence-electron chi connectivity index (χ3n) is 3.60. The molecule has 6 heteroatoms. The van der Waals surface area contributed by atoms with Gasteiger partial charge in [-0.15, -0.1) is 0 Å². The van der Waals surface area contributed by atoms with Gasteiger partial charge >= 0.3 is 0 Å². The van der Waals surface area contributed by atoms with Crippen molar-refractivity contribution in [1.29, 1.82) is 0 Å². The maximum absolute atomic E-state index is 12.2. The predicted octanol–water partition coefficient (Wildman–Crippen LogP) is 3.99. The van der Waals surface area contributed by atoms with Gasteiger partial charge in [0.25, 0.3) is 5.91 Å². The number of hydrogen-bond acceptors (Lipinski definition) is 5. The van der Waals surface area contributed by atoms with E-state index in [1.165, 1.54) is 11.8 Å². The number of amidine groups is 1. The molecule has 1 fully saturated rings. The minimum absolute atomic E-state index is 0.0227. The maximum Gasteiger partial charge on any atom is 0.264 e. The van der Waals surface area contributed by atoms with E-state index >= 15 is 0 Å². The fraction of sp³-hybridized carbons (Fsp3) is 0.158. The van der Waals surface area contributed by atoms with Gasteiger partial charge in [0.1, 0.15) is 0 Å². The van der Waals surface area contributed by atoms with Crippen LogP contribution in [0.15, 0.2) is 52.4 Å². The SMILES string of the molecule is CCOc1cccc(/C=C2\SC(=Nc3ccccc3C)NC2=O)c1O. The lowest BCUT2D eigenvalue weighted by atomic mass is 10.1. The highest BCUT2D eigenvalue weighted by molar-refractivity contribution is 8.18. The highest BCUT2D eigenvalue weighted by atomic mass is 32.2. The number of hydrogen-bond donors (Lipinski definition) is 2. The van der Waals surface area contributed by atoms with E-state index in [9.17, 15) is 9.90 Å². The summed E-state index contributed by atoms with van der Waals surface area (Å²) >= 11 is 1.24. The molecule has 5 nitrogen and oxygen atoms in total. The molecule has 0 aromatic heterocycles. The van der Waals surface area contributed by atoms with Crippen LogP contribution in [0.5, 0.6) is 11.5 Å². The average molecular weight is 354 g/mol. The Morgan fingerprint density at radius 1 is 1.24 bits per heavy atom. The molecule has 2 aromatic carbocycles. The molecule has 1 aliphatic heterocycles. The zero-order valence-electron chi connectivity index (χ0n) is 13.9. The molecule has 25 heavy (non-hydrogen) atoms. The molecule has 1 heterocycles. The number of para-hydroxylation sites is 2. The Bertz CT molecular complexity index is 875. The second kappa shape index (κ2) is 7.44. The monoisotopic (exact) mass is 354 g/mol. The summed E-state index contributed by atoms with van der Waals surface area (Å²) in [7, 11) is 0. The molecule has 0 spiro atoms. The van der Waals surface area contributed by atoms with Gasteiger partial charge in [-0.25, -0.2) is 4.99 Å². The molecule has 0 bridgehead atoms. The number of thioether (sulfide) groups is 1. The number of aliphatic imine (C=N–C) groups is 1. The van der Waals surface area contributed by atoms with E-state index in [1.54, 1.807) is 24.3 Å². The molecule has 1 aliphatic rings. The van der Waals surface area contributed by atoms with Gasteiger partial charge in [-0.05, 0) is 49.4 Å². The molecular weight excluding hydrogens is 336 g/mol. The lowest BCUT2D eigenvalue weighted by molar-refractivity contribution is -0.115. The van der Waals surface area contributed by atoms with Crippen molar-refractivity contribution >= 4 is 34.6 Å². The van der Waals surface area contributed by atoms with Crippen molar-refractivity contribution in [2.75, 3.05) is 6.61 Å². The Morgan fingerprint density at radius 3 is 2.80 bits per heavy atom. The number of benzene rings is 2. The smallest absolute Gasteiger partial charge is 0.264 e. The number of phenolic OH excluding ortho intramolecular Hbond substituents is 1. The van der Waals surface area contributed by atoms with Gasteiger partial charge in [-0.3, -0.25) is 4.79 Å². The molecule has 0 saturated carbocycles. The third-order valence-corrected chi connectivity index (χ3v) is 4.51. The number of carbonyl (C=O) groups excluding carboxylic acids is 1. The number of nitrogens with one attached hydrogen (secondary N) is 1. The standard InChI is InChI=1S/C19H18N2O3S/c1-3-24-15-10-6-8-13(17(15)22)11-16-18(23)21-19(25-16)20-14-9-5-4-7-12(14)2/h4-11,22H,3H2,1-2H3,(H,20,21,23)/b16-11-. The Morgan fingerprint density at radius 2 is 2.04 bits per heavy atom. The second-order valence-electron chi connectivity index (χ2n) is 5.40. The molecule has 0 radical (unpaired) electrons. The second-order valence-corrected chi connectivity index (χ2v) is 6.43. The first kappa shape index (κ1) is 17.1. The molecule has 0 unspecified atom stereocenters. The number of amides is 1. The van der Waals surface area contributed by atoms with Gasteiger partial charge in [0.15, 0.2) is 16.7 Å². The molecule has 2 aromatic rings. The summed E-state index contributed by atoms with van der Waals surface area (Å²) in [4.78, 5) is 17.1. The van der Waals surface area contributed by atoms with E-state index < -0.39 is 0 Å². The molecule has 1 saturated heterocycles. The number of carbonyl (C=O) groups is 1. The van der Waals surface area contributed by atoms with Crippen molar-refractivity contribution in [1.82, 2.24) is 5.32 Å². The van der Waals surface area contributed by atoms with Gasteiger partial charge in [-0.1, -0.05) is 30.3 Å². The number of ether oxygens (including phenoxy) is 1. The van der Waals surface area contributed by atoms with Crippen molar-refractivity contribution in [2.45, 2.75) is 13.8 Å². The molecular formula is C19H18N2O3S. The molecule has 3 rings (SSSR count). The Kier molecular flexibility index (Phi) is 5.09. The van der Waals surface area contributed by atoms with Crippen molar-refractivity contribution in [3.05, 3.63) is 58.5 Å². The minimum Gasteiger partial charge on any atom is -0.504 e. The molecule has 2 N–H and O–H groups in total. The highest BCUT2D eigenvalue weighted by Crippen LogP contribution is 2.34. The molecule has 128 valence electrons. The van der Waals surface area contributed by atoms with Crippen molar-refractivity contribution < 1.29 is 14.6 Å². The lowest BCUT2D eigenvalue weighted by Crippen LogP contribution is -2.19. The van der Waals surface area contributed by atoms with E-state index in [0.717, 1.165) is 11.3 Å². The Labute approximate surface area is 150 Å². The number of aromatic hydroxyl groups is 1. The summed E-state index contributed by atoms with van der Waals surface area (Å²) in [5.41, 5.74) is 2.37. The van der Waals surface area contributed by atoms with Crippen molar-refractivity contribution in [2.24, 2.45) is 4.99 Å². The van der Waals surface area contributed by atoms with E-state index in [4.69, 9.17) is 4.74 Å². The van der Waals surface area contributed by atoms with Crippen LogP contribution in [0, 0.1) is 6.92 Å². The van der Waals surface area contributed by atoms with Crippen LogP contribution in [0.1, 0.15) is 18.1 Å². The summed E-state index contributed by atoms with van der Waals surface area (Å²) in [5, 5.41) is 13.5. The van der Waals surface area contributed by atoms with Gasteiger partial charge in [0.2, 0.25) is 0 Å². The van der Waals surface area contributed by atoms with Gasteiger partial charge in [-0.2, -0.15) is 0 Å². The van der Waals surface area contributed by atoms with Crippen LogP contribution in [0.2, 0.25) is 0 Å². The van der Waals surface area contributed by atoms with Gasteiger partial charge < -0.3 is 15.2 Å². The first-order valence-corrected chi connectivity index (χ1v) is 8.70. The number of aryl methyl sites for hydroxylation is 1. The highest BCUT2D eigenvalue weighted by Gasteiger charge is 2.24. The minimum atomic E-state index is -0.237. The molecule has 1 amide bonds. The molecule has 0 atom stereocenters. The molecule has 0 aliphatic carbocycles. The topological polar surface area (TPSA) is 70.9 Å². The summed E-state index contributed by atoms with van der Waals surface area (Å²) in [6, 6.07) is 12.9. The quantitative estimate of drug-likeness (QED) is 0.815. The summed E-state index contributed by atoms with van der Waals surface area (Å²) in [6.45, 7) is 4.27. The fourth-order valence-corrected chi connectivity index (χ4v) is 3.17. The largest absolute Gasteiger partial charge is 0.504 e. The van der Waals surface area contributed by atoms with E-state index in [1.807, 2.05) is 38.1 Å². The number of phenols is 1. The average Bonchev–Trinajstić information content (AvgIpc) is 2.93. The normalized spacial score (nSPS) is 17.1. The third kappa shape index (κ3) is 3.85. The predicted molar refractivity (Wildman–Crippen MR) is 101 cm³/mol. The Hall–Kier alpha value is -2.73. The van der Waals surface area contributed by atoms with Crippen molar-refractivity contribution in [3.63, 3.8) is 0 Å². The van der Waals surface area contributed by atoms with Crippen LogP contribution in [0.4, 0.5) is 5.69 Å². The summed E-state index contributed by atoms with van der Waals surface area (Å²) in [6.07, 6.45) is 1.64. The summed E-state index contributed by atoms with van der Waals surface area (Å²) in [5.74, 6) is 0.183. The zero-order valence-corrected chi connectivity index (χ0v) is 14.8. The van der Waals surface area contributed by atoms with Gasteiger partial charge in [0.05, 0.1) is 17.2 Å². The van der Waals surface area contributed by atoms with Crippen molar-refractivity contribution in [3.8, 4) is 11.5 Å². The van der Waals surface area contributed by atoms with Crippen LogP contribution in [0.25, 0.3) is 6.08 Å². The van der Waals surface area contributed by atoms with Crippen LogP contribution in [-0.2, 0) is 4.79 Å². The van der Waals surface area contributed by atoms with E-state index in [2.05, 4.69) is 10.3 Å². The maximum atomic E-state index is 12.2. The van der Waals surface area contributed by atoms with Crippen LogP contribution in [0.3, 0.4) is 0 Å². The van der Waals surface area contributed by atoms with Gasteiger partial charge in [0, 0.05) is 5.56 Å². The first-order chi connectivity index (χ1) is 12.1. The fourth-order valence-electron chi connectivity index (χ4n) is 2.35. The van der Waals surface area contributed by atoms with Crippen LogP contribution >= 0.6 is 11.8 Å².